The second-order valence-corrected chi connectivity index (χ2v) is 38.5. The Hall–Kier alpha value is -10.1. The Morgan fingerprint density at radius 3 is 1.98 bits per heavy atom. The summed E-state index contributed by atoms with van der Waals surface area (Å²) in [5.41, 5.74) is 3.90. The molecule has 37 heteroatoms. The number of ether oxygens (including phenoxy) is 13. The second kappa shape index (κ2) is 57.7. The minimum Gasteiger partial charge on any atom is -0.445 e. The second-order valence-electron chi connectivity index (χ2n) is 38.5. The molecule has 7 amide bonds. The molecule has 8 N–H and O–H groups in total. The van der Waals surface area contributed by atoms with Gasteiger partial charge in [-0.25, -0.2) is 23.1 Å². The zero-order valence-corrected chi connectivity index (χ0v) is 83.8. The lowest BCUT2D eigenvalue weighted by Gasteiger charge is -2.63. The van der Waals surface area contributed by atoms with Gasteiger partial charge in [0.05, 0.1) is 155 Å². The number of rotatable bonds is 65. The van der Waals surface area contributed by atoms with E-state index in [-0.39, 0.29) is 165 Å². The summed E-state index contributed by atoms with van der Waals surface area (Å²) in [6, 6.07) is 19.6. The lowest BCUT2D eigenvalue weighted by Crippen LogP contribution is -2.71. The van der Waals surface area contributed by atoms with Gasteiger partial charge in [0, 0.05) is 110 Å². The number of primary amides is 1. The van der Waals surface area contributed by atoms with Crippen LogP contribution in [0.2, 0.25) is 0 Å². The van der Waals surface area contributed by atoms with Gasteiger partial charge in [-0.1, -0.05) is 126 Å². The van der Waals surface area contributed by atoms with E-state index in [4.69, 9.17) is 67.3 Å². The van der Waals surface area contributed by atoms with Crippen molar-refractivity contribution in [3.05, 3.63) is 130 Å². The van der Waals surface area contributed by atoms with Crippen LogP contribution in [-0.4, -0.2) is 272 Å². The number of alkyl halides is 2. The first-order chi connectivity index (χ1) is 69.1. The number of anilines is 2. The Labute approximate surface area is 837 Å². The number of aliphatic hydroxyl groups is 1. The summed E-state index contributed by atoms with van der Waals surface area (Å²) in [7, 11) is 0. The maximum atomic E-state index is 18.1. The summed E-state index contributed by atoms with van der Waals surface area (Å²) in [6.45, 7) is 17.4. The molecule has 1 saturated heterocycles. The van der Waals surface area contributed by atoms with E-state index in [1.54, 1.807) is 49.9 Å². The number of nitrogens with one attached hydrogen (secondary N) is 5. The number of unbranched alkanes of at least 4 members (excludes halogenated alkanes) is 1. The predicted octanol–water partition coefficient (Wildman–Crippen LogP) is 11.1. The summed E-state index contributed by atoms with van der Waals surface area (Å²) >= 11 is 0. The topological polar surface area (TPSA) is 448 Å². The number of nitrogens with two attached hydrogens (primary N) is 1. The van der Waals surface area contributed by atoms with Crippen molar-refractivity contribution in [3.63, 3.8) is 0 Å². The number of alkyl carbamates (subject to hydrolysis) is 1. The number of nitrogens with zero attached hydrogens (tertiary/aromatic N) is 4. The number of aromatic nitrogens is 3. The van der Waals surface area contributed by atoms with E-state index >= 15 is 8.78 Å². The highest BCUT2D eigenvalue weighted by atomic mass is 19.1. The molecule has 2 aliphatic heterocycles. The fourth-order valence-corrected chi connectivity index (χ4v) is 20.6. The summed E-state index contributed by atoms with van der Waals surface area (Å²) in [5.74, 6) is -1.31. The number of allylic oxidation sites excluding steroid dienone is 4. The van der Waals surface area contributed by atoms with Crippen LogP contribution in [0.15, 0.2) is 96.6 Å². The zero-order chi connectivity index (χ0) is 102. The third-order valence-electron chi connectivity index (χ3n) is 28.1. The molecule has 0 bridgehead atoms. The number of urea groups is 1. The number of hydrogen-bond acceptors (Lipinski definition) is 27. The van der Waals surface area contributed by atoms with Gasteiger partial charge in [0.1, 0.15) is 42.7 Å². The molecule has 14 atom stereocenters. The molecule has 3 aromatic carbocycles. The molecule has 4 aromatic rings. The van der Waals surface area contributed by atoms with Crippen molar-refractivity contribution in [1.82, 2.24) is 36.3 Å². The SMILES string of the molecule is CCCOCCOCCOCCOCCOCCn1nnc2c1CCCCCC2OCC(=O)NCCCC[C@@H](CC(=O)CCOCCOCCOCCOCCCC(=O)CCC(=O)N1Cc2ccccc2C#Cc2ccccc21)C(=O)N[C@H](C(=O)C[C@@H](CCCNC(N)=O)C(=O)Nc1ccc(COC(=O)NCC(=O)[C@@]23OC(CCC)O[C@@H]2C[C@H]2[C@@H]4C[C@H](F)C5=CC(=O)C=C[C@]5(C)[C@@]4(F)[C@@H](O)C[C@@]23C)cc1)C(C)C. The Bertz CT molecular complexity index is 4970. The molecule has 0 spiro atoms. The van der Waals surface area contributed by atoms with E-state index in [2.05, 4.69) is 55.7 Å². The number of fused-ring (bicyclic) bond motifs is 10. The normalized spacial score (nSPS) is 23.0. The van der Waals surface area contributed by atoms with Gasteiger partial charge in [0.25, 0.3) is 0 Å². The number of ketones is 5. The maximum Gasteiger partial charge on any atom is 0.407 e. The van der Waals surface area contributed by atoms with Crippen molar-refractivity contribution in [1.29, 1.82) is 0 Å². The van der Waals surface area contributed by atoms with Gasteiger partial charge in [-0.15, -0.1) is 5.10 Å². The molecule has 4 fully saturated rings. The van der Waals surface area contributed by atoms with Crippen LogP contribution in [0.25, 0.3) is 0 Å². The summed E-state index contributed by atoms with van der Waals surface area (Å²) in [6.07, 6.45) is 4.41. The average Bonchev–Trinajstić information content (AvgIpc) is 1.52. The molecular weight excluding hydrogens is 1850 g/mol. The van der Waals surface area contributed by atoms with Gasteiger partial charge in [-0.3, -0.25) is 43.2 Å². The molecule has 3 saturated carbocycles. The molecule has 1 aromatic heterocycles. The van der Waals surface area contributed by atoms with E-state index in [1.807, 2.05) is 60.1 Å². The van der Waals surface area contributed by atoms with Crippen molar-refractivity contribution in [2.75, 3.05) is 155 Å². The number of aliphatic hydroxyl groups excluding tert-OH is 1. The first kappa shape index (κ1) is 113. The Balaban J connectivity index is 0.627. The molecule has 786 valence electrons. The third kappa shape index (κ3) is 32.0. The fraction of sp³-hybridized carbons (Fsp3) is 0.651. The van der Waals surface area contributed by atoms with Crippen LogP contribution in [0.3, 0.4) is 0 Å². The molecule has 5 aliphatic carbocycles. The largest absolute Gasteiger partial charge is 0.445 e. The van der Waals surface area contributed by atoms with E-state index in [1.165, 1.54) is 19.1 Å². The van der Waals surface area contributed by atoms with Crippen LogP contribution < -0.4 is 37.2 Å². The quantitative estimate of drug-likeness (QED) is 0.0159. The zero-order valence-electron chi connectivity index (χ0n) is 83.8. The van der Waals surface area contributed by atoms with Crippen molar-refractivity contribution in [2.45, 2.75) is 257 Å². The molecule has 3 heterocycles. The van der Waals surface area contributed by atoms with Crippen molar-refractivity contribution in [2.24, 2.45) is 46.2 Å². The van der Waals surface area contributed by atoms with Crippen molar-refractivity contribution < 1.29 is 128 Å². The van der Waals surface area contributed by atoms with Crippen LogP contribution in [0.1, 0.15) is 223 Å². The van der Waals surface area contributed by atoms with E-state index in [9.17, 15) is 57.8 Å². The van der Waals surface area contributed by atoms with Gasteiger partial charge in [-0.05, 0) is 161 Å². The first-order valence-corrected chi connectivity index (χ1v) is 51.1. The Morgan fingerprint density at radius 2 is 1.29 bits per heavy atom. The maximum absolute atomic E-state index is 18.1. The highest BCUT2D eigenvalue weighted by Crippen LogP contribution is 2.72. The van der Waals surface area contributed by atoms with Crippen molar-refractivity contribution >= 4 is 76.0 Å². The summed E-state index contributed by atoms with van der Waals surface area (Å²) in [5, 5.41) is 34.8. The fourth-order valence-electron chi connectivity index (χ4n) is 20.6. The lowest BCUT2D eigenvalue weighted by molar-refractivity contribution is -0.233. The molecule has 11 rings (SSSR count). The monoisotopic (exact) mass is 2000 g/mol. The van der Waals surface area contributed by atoms with Gasteiger partial charge >= 0.3 is 12.1 Å². The molecular formula is C106H148F2N10O25. The number of halogens is 2. The number of carbonyl (C=O) groups is 11. The van der Waals surface area contributed by atoms with E-state index in [0.717, 1.165) is 72.9 Å². The number of Topliss-reactive ketones (excluding diaryl/α,β-unsaturated/α-hetero) is 4. The van der Waals surface area contributed by atoms with Gasteiger partial charge < -0.3 is 104 Å². The molecule has 2 unspecified atom stereocenters. The molecule has 35 nitrogen and oxygen atoms in total. The minimum absolute atomic E-state index is 0.0252. The number of benzene rings is 3. The average molecular weight is 2000 g/mol. The smallest absolute Gasteiger partial charge is 0.407 e. The minimum atomic E-state index is -2.41. The summed E-state index contributed by atoms with van der Waals surface area (Å²) < 4.78 is 112. The third-order valence-corrected chi connectivity index (χ3v) is 28.1. The number of carbonyl (C=O) groups excluding carboxylic acids is 11. The van der Waals surface area contributed by atoms with Crippen LogP contribution in [0, 0.1) is 52.3 Å². The predicted molar refractivity (Wildman–Crippen MR) is 523 cm³/mol. The number of hydrogen-bond donors (Lipinski definition) is 7. The lowest BCUT2D eigenvalue weighted by atomic mass is 9.44. The van der Waals surface area contributed by atoms with Gasteiger partial charge in [0.15, 0.2) is 34.9 Å². The highest BCUT2D eigenvalue weighted by Gasteiger charge is 2.80. The number of amides is 7. The molecule has 0 radical (unpaired) electrons. The first-order valence-electron chi connectivity index (χ1n) is 51.1. The highest BCUT2D eigenvalue weighted by molar-refractivity contribution is 6.02. The Morgan fingerprint density at radius 1 is 0.657 bits per heavy atom. The van der Waals surface area contributed by atoms with Gasteiger partial charge in [-0.2, -0.15) is 0 Å². The number of para-hydroxylation sites is 1. The molecule has 7 aliphatic rings. The molecule has 143 heavy (non-hydrogen) atoms. The van der Waals surface area contributed by atoms with E-state index < -0.39 is 136 Å². The van der Waals surface area contributed by atoms with Crippen LogP contribution in [-0.2, 0) is 131 Å². The van der Waals surface area contributed by atoms with Crippen LogP contribution >= 0.6 is 0 Å². The van der Waals surface area contributed by atoms with Crippen LogP contribution in [0.5, 0.6) is 0 Å². The summed E-state index contributed by atoms with van der Waals surface area (Å²) in [4.78, 5) is 152. The van der Waals surface area contributed by atoms with Crippen molar-refractivity contribution in [3.8, 4) is 11.8 Å². The standard InChI is InChI=1S/C106H148F2N10O25/c1-7-20-96-142-93-66-83-84-65-86(107)85-64-81(120)38-40-103(85,5)105(84,108)91(123)67-104(83,6)106(93,143-96)92(124)68-112-102(130)141-70-73-30-34-79(35-31-73)113-99(127)77(25-18-42-111-101(109)129)63-89(122)97(72(3)4)114-100(128)76(23-16-17-41-110-94(125)71-140-90-29-11-9-10-28-88-98(90)115-116-118(88)43-47-134-51-55-138-59-61-139-60-56-135-52-48-131-44-8-2)62-82(121)39-46-133-50-54-137-58-57-136-53-49-132-45-19-26-80(119)36-37-95(126)117-69-78-24-13-12-21-74(78)32-33-75-22-14-15-27-87(75)117/h12-15,21-22,24,27,30-31,34-35,38,40,64,72,76-77,83-84,86,90-91,93,96-97,123H,7-11,16-20,23,25-26,28-29,36-37,39,41-63,65-71H2,1-6H3,(H,110,125)(H,112,130)(H,113,127)(H,114,128)(H3,109,111,129)/t76-,77+,83-,84-,86-,90?,91-,93+,96?,97-,103-,104-,105-,106+/m0/s1. The van der Waals surface area contributed by atoms with Crippen LogP contribution in [0.4, 0.5) is 29.7 Å². The Kier molecular flexibility index (Phi) is 45.7. The van der Waals surface area contributed by atoms with Gasteiger partial charge in [0.2, 0.25) is 23.6 Å². The van der Waals surface area contributed by atoms with E-state index in [0.29, 0.717) is 148 Å².